The molecule has 3 atom stereocenters. The molecule has 0 saturated heterocycles. The zero-order valence-electron chi connectivity index (χ0n) is 33.3. The van der Waals surface area contributed by atoms with Crippen LogP contribution in [0.4, 0.5) is 0 Å². The second-order valence-corrected chi connectivity index (χ2v) is 14.9. The number of nitrogens with one attached hydrogen (secondary N) is 1. The summed E-state index contributed by atoms with van der Waals surface area (Å²) in [4.78, 5) is 45.7. The van der Waals surface area contributed by atoms with Gasteiger partial charge < -0.3 is 25.2 Å². The van der Waals surface area contributed by atoms with Crippen molar-refractivity contribution in [3.63, 3.8) is 0 Å². The van der Waals surface area contributed by atoms with E-state index < -0.39 is 57.6 Å². The van der Waals surface area contributed by atoms with Crippen LogP contribution >= 0.6 is 7.82 Å². The first-order valence-corrected chi connectivity index (χ1v) is 21.8. The fourth-order valence-corrected chi connectivity index (χ4v) is 5.84. The minimum atomic E-state index is -4.77. The highest BCUT2D eigenvalue weighted by molar-refractivity contribution is 7.47. The summed E-state index contributed by atoms with van der Waals surface area (Å²) in [5.74, 6) is -2.46. The van der Waals surface area contributed by atoms with Crippen LogP contribution < -0.4 is 5.32 Å². The molecular weight excluding hydrogens is 709 g/mol. The third-order valence-electron chi connectivity index (χ3n) is 8.28. The number of rotatable bonds is 37. The van der Waals surface area contributed by atoms with Crippen molar-refractivity contribution in [2.24, 2.45) is 0 Å². The van der Waals surface area contributed by atoms with Crippen LogP contribution in [0.25, 0.3) is 0 Å². The number of carbonyl (C=O) groups excluding carboxylic acids is 2. The Balaban J connectivity index is 4.03. The summed E-state index contributed by atoms with van der Waals surface area (Å²) in [6, 6.07) is -1.56. The quantitative estimate of drug-likeness (QED) is 0.0206. The van der Waals surface area contributed by atoms with Crippen molar-refractivity contribution in [1.29, 1.82) is 0 Å². The van der Waals surface area contributed by atoms with Crippen LogP contribution in [-0.2, 0) is 32.7 Å². The van der Waals surface area contributed by atoms with E-state index in [1.54, 1.807) is 0 Å². The van der Waals surface area contributed by atoms with Gasteiger partial charge >= 0.3 is 19.8 Å². The van der Waals surface area contributed by atoms with Gasteiger partial charge in [0.1, 0.15) is 12.7 Å². The van der Waals surface area contributed by atoms with Crippen molar-refractivity contribution >= 4 is 25.7 Å². The first-order chi connectivity index (χ1) is 26.1. The van der Waals surface area contributed by atoms with Gasteiger partial charge in [-0.05, 0) is 77.0 Å². The molecule has 0 bridgehead atoms. The molecular formula is C42H72NO10P. The summed E-state index contributed by atoms with van der Waals surface area (Å²) in [6.45, 7) is 2.46. The summed E-state index contributed by atoms with van der Waals surface area (Å²) < 4.78 is 26.7. The van der Waals surface area contributed by atoms with Crippen LogP contribution in [0, 0.1) is 0 Å². The molecule has 4 N–H and O–H groups in total. The molecule has 0 aliphatic carbocycles. The summed E-state index contributed by atoms with van der Waals surface area (Å²) in [7, 11) is -4.77. The summed E-state index contributed by atoms with van der Waals surface area (Å²) in [6.07, 6.45) is 41.1. The van der Waals surface area contributed by atoms with Gasteiger partial charge in [-0.1, -0.05) is 126 Å². The van der Waals surface area contributed by atoms with E-state index in [-0.39, 0.29) is 12.8 Å². The number of carboxylic acids is 1. The average molecular weight is 782 g/mol. The fourth-order valence-electron chi connectivity index (χ4n) is 5.06. The number of hydrogen-bond acceptors (Lipinski definition) is 8. The molecule has 11 nitrogen and oxygen atoms in total. The molecule has 0 saturated carbocycles. The van der Waals surface area contributed by atoms with E-state index in [1.807, 2.05) is 12.2 Å². The SMILES string of the molecule is CCCCC/C=C\C/C=C\C/C=C\C/C=C\CCCC(=O)OCC(O)COP(=O)(O)OCC(NC(=O)CCCCCCC/C=C\CCCCCC)C(=O)O. The molecule has 54 heavy (non-hydrogen) atoms. The lowest BCUT2D eigenvalue weighted by atomic mass is 10.1. The highest BCUT2D eigenvalue weighted by Crippen LogP contribution is 2.43. The van der Waals surface area contributed by atoms with E-state index in [0.717, 1.165) is 64.2 Å². The van der Waals surface area contributed by atoms with E-state index in [0.29, 0.717) is 19.3 Å². The third-order valence-corrected chi connectivity index (χ3v) is 9.23. The lowest BCUT2D eigenvalue weighted by Gasteiger charge is -2.18. The lowest BCUT2D eigenvalue weighted by molar-refractivity contribution is -0.147. The monoisotopic (exact) mass is 781 g/mol. The molecule has 0 aromatic rings. The van der Waals surface area contributed by atoms with Gasteiger partial charge in [-0.3, -0.25) is 18.6 Å². The normalized spacial score (nSPS) is 14.4. The van der Waals surface area contributed by atoms with Crippen molar-refractivity contribution < 1.29 is 47.8 Å². The van der Waals surface area contributed by atoms with Crippen LogP contribution in [0.5, 0.6) is 0 Å². The molecule has 0 aromatic carbocycles. The van der Waals surface area contributed by atoms with Crippen molar-refractivity contribution in [1.82, 2.24) is 5.32 Å². The van der Waals surface area contributed by atoms with E-state index >= 15 is 0 Å². The van der Waals surface area contributed by atoms with Crippen LogP contribution in [0.3, 0.4) is 0 Å². The predicted octanol–water partition coefficient (Wildman–Crippen LogP) is 10.00. The zero-order chi connectivity index (χ0) is 40.0. The van der Waals surface area contributed by atoms with E-state index in [4.69, 9.17) is 13.8 Å². The van der Waals surface area contributed by atoms with Gasteiger partial charge in [-0.25, -0.2) is 9.36 Å². The smallest absolute Gasteiger partial charge is 0.472 e. The maximum Gasteiger partial charge on any atom is 0.472 e. The molecule has 12 heteroatoms. The topological polar surface area (TPSA) is 169 Å². The van der Waals surface area contributed by atoms with Gasteiger partial charge in [0.05, 0.1) is 13.2 Å². The molecule has 0 rings (SSSR count). The summed E-state index contributed by atoms with van der Waals surface area (Å²) in [5, 5.41) is 21.7. The van der Waals surface area contributed by atoms with Crippen molar-refractivity contribution in [3.05, 3.63) is 60.8 Å². The summed E-state index contributed by atoms with van der Waals surface area (Å²) >= 11 is 0. The van der Waals surface area contributed by atoms with Crippen LogP contribution in [0.1, 0.15) is 155 Å². The maximum atomic E-state index is 12.3. The Labute approximate surface area is 326 Å². The van der Waals surface area contributed by atoms with Crippen molar-refractivity contribution in [2.75, 3.05) is 19.8 Å². The van der Waals surface area contributed by atoms with E-state index in [9.17, 15) is 34.1 Å². The fraction of sp³-hybridized carbons (Fsp3) is 0.690. The van der Waals surface area contributed by atoms with Crippen LogP contribution in [0.15, 0.2) is 60.8 Å². The number of amides is 1. The van der Waals surface area contributed by atoms with Gasteiger partial charge in [0, 0.05) is 12.8 Å². The maximum absolute atomic E-state index is 12.3. The Hall–Kier alpha value is -2.82. The van der Waals surface area contributed by atoms with Crippen LogP contribution in [-0.4, -0.2) is 64.9 Å². The Morgan fingerprint density at radius 1 is 0.593 bits per heavy atom. The summed E-state index contributed by atoms with van der Waals surface area (Å²) in [5.41, 5.74) is 0. The van der Waals surface area contributed by atoms with Gasteiger partial charge in [-0.2, -0.15) is 0 Å². The molecule has 310 valence electrons. The number of unbranched alkanes of at least 4 members (excludes halogenated alkanes) is 13. The molecule has 3 unspecified atom stereocenters. The number of ether oxygens (including phenoxy) is 1. The minimum Gasteiger partial charge on any atom is -0.480 e. The van der Waals surface area contributed by atoms with E-state index in [1.165, 1.54) is 44.9 Å². The van der Waals surface area contributed by atoms with Gasteiger partial charge in [0.15, 0.2) is 6.04 Å². The predicted molar refractivity (Wildman–Crippen MR) is 217 cm³/mol. The zero-order valence-corrected chi connectivity index (χ0v) is 34.1. The second kappa shape index (κ2) is 37.1. The third kappa shape index (κ3) is 36.2. The Bertz CT molecular complexity index is 1150. The van der Waals surface area contributed by atoms with Crippen molar-refractivity contribution in [2.45, 2.75) is 167 Å². The van der Waals surface area contributed by atoms with Gasteiger partial charge in [0.25, 0.3) is 0 Å². The number of esters is 1. The molecule has 0 heterocycles. The molecule has 0 radical (unpaired) electrons. The number of phosphoric ester groups is 1. The lowest BCUT2D eigenvalue weighted by Crippen LogP contribution is -2.43. The molecule has 0 aliphatic rings. The highest BCUT2D eigenvalue weighted by atomic mass is 31.2. The first kappa shape index (κ1) is 51.2. The number of phosphoric acid groups is 1. The molecule has 0 aromatic heterocycles. The molecule has 0 spiro atoms. The second-order valence-electron chi connectivity index (χ2n) is 13.5. The molecule has 0 fully saturated rings. The van der Waals surface area contributed by atoms with Gasteiger partial charge in [0.2, 0.25) is 5.91 Å². The standard InChI is InChI=1S/C42H72NO10P/c1-3-5-7-9-11-13-15-17-18-19-20-22-24-26-28-30-32-34-41(46)51-35-38(44)36-52-54(49,50)53-37-39(42(47)48)43-40(45)33-31-29-27-25-23-21-16-14-12-10-8-6-4-2/h11,13-14,16-18,20,22,26,28,38-39,44H,3-10,12,15,19,21,23-25,27,29-37H2,1-2H3,(H,43,45)(H,47,48)(H,49,50)/b13-11-,16-14-,18-17-,22-20-,28-26-. The number of carboxylic acid groups (broad SMARTS) is 1. The Kier molecular flexibility index (Phi) is 35.2. The number of hydrogen-bond donors (Lipinski definition) is 4. The minimum absolute atomic E-state index is 0.129. The Morgan fingerprint density at radius 3 is 1.61 bits per heavy atom. The van der Waals surface area contributed by atoms with Crippen molar-refractivity contribution in [3.8, 4) is 0 Å². The largest absolute Gasteiger partial charge is 0.480 e. The molecule has 1 amide bonds. The number of aliphatic carboxylic acids is 1. The number of allylic oxidation sites excluding steroid dienone is 10. The number of aliphatic hydroxyl groups is 1. The molecule has 0 aliphatic heterocycles. The average Bonchev–Trinajstić information content (AvgIpc) is 3.14. The highest BCUT2D eigenvalue weighted by Gasteiger charge is 2.28. The van der Waals surface area contributed by atoms with Gasteiger partial charge in [-0.15, -0.1) is 0 Å². The first-order valence-electron chi connectivity index (χ1n) is 20.3. The van der Waals surface area contributed by atoms with E-state index in [2.05, 4.69) is 67.8 Å². The van der Waals surface area contributed by atoms with Crippen LogP contribution in [0.2, 0.25) is 0 Å². The number of carbonyl (C=O) groups is 3. The Morgan fingerprint density at radius 2 is 1.04 bits per heavy atom. The number of aliphatic hydroxyl groups excluding tert-OH is 1.